The third-order valence-electron chi connectivity index (χ3n) is 13.6. The van der Waals surface area contributed by atoms with Gasteiger partial charge in [-0.25, -0.2) is 28.1 Å². The Labute approximate surface area is 473 Å². The highest BCUT2D eigenvalue weighted by molar-refractivity contribution is 9.10. The number of Topliss-reactive ketones (excluding diaryl/α,β-unsaturated/α-hetero) is 2. The number of alkyl halides is 3. The van der Waals surface area contributed by atoms with Gasteiger partial charge < -0.3 is 9.31 Å². The topological polar surface area (TPSA) is 114 Å². The summed E-state index contributed by atoms with van der Waals surface area (Å²) in [5.41, 5.74) is 6.64. The van der Waals surface area contributed by atoms with Gasteiger partial charge in [-0.05, 0) is 148 Å². The van der Waals surface area contributed by atoms with Crippen LogP contribution in [0, 0.1) is 37.3 Å². The minimum Gasteiger partial charge on any atom is -0.400 e. The summed E-state index contributed by atoms with van der Waals surface area (Å²) in [7, 11) is -0.113. The van der Waals surface area contributed by atoms with Gasteiger partial charge in [0.05, 0.1) is 42.6 Å². The van der Waals surface area contributed by atoms with Crippen LogP contribution in [0.3, 0.4) is 0 Å². The predicted octanol–water partition coefficient (Wildman–Crippen LogP) is 17.2. The lowest BCUT2D eigenvalue weighted by Gasteiger charge is -2.32. The van der Waals surface area contributed by atoms with Crippen LogP contribution < -0.4 is 0 Å². The summed E-state index contributed by atoms with van der Waals surface area (Å²) < 4.78 is 84.9. The van der Waals surface area contributed by atoms with Crippen molar-refractivity contribution >= 4 is 86.4 Å². The van der Waals surface area contributed by atoms with Crippen LogP contribution in [0.15, 0.2) is 79.2 Å². The largest absolute Gasteiger partial charge is 0.490 e. The van der Waals surface area contributed by atoms with E-state index in [2.05, 4.69) is 85.7 Å². The number of benzene rings is 2. The third kappa shape index (κ3) is 14.2. The number of allylic oxidation sites excluding steroid dienone is 4. The van der Waals surface area contributed by atoms with Crippen molar-refractivity contribution in [2.45, 2.75) is 165 Å². The zero-order chi connectivity index (χ0) is 56.5. The zero-order valence-corrected chi connectivity index (χ0v) is 50.5. The number of aryl methyl sites for hydroxylation is 2. The van der Waals surface area contributed by atoms with E-state index >= 15 is 0 Å². The Morgan fingerprint density at radius 3 is 1.68 bits per heavy atom. The van der Waals surface area contributed by atoms with Crippen LogP contribution >= 0.6 is 62.1 Å². The first-order valence-electron chi connectivity index (χ1n) is 25.6. The Bertz CT molecular complexity index is 3180. The Hall–Kier alpha value is -4.25. The average Bonchev–Trinajstić information content (AvgIpc) is 4.14. The van der Waals surface area contributed by atoms with Gasteiger partial charge in [-0.1, -0.05) is 93.7 Å². The predicted molar refractivity (Wildman–Crippen MR) is 307 cm³/mol. The number of hydrogen-bond acceptors (Lipinski definition) is 12. The number of aromatic nitrogens is 6. The van der Waals surface area contributed by atoms with Crippen LogP contribution in [0.25, 0.3) is 38.1 Å². The van der Waals surface area contributed by atoms with E-state index in [4.69, 9.17) is 14.3 Å². The fraction of sp³-hybridized carbons (Fsp3) is 0.464. The molecule has 0 saturated carbocycles. The second-order valence-electron chi connectivity index (χ2n) is 21.1. The highest BCUT2D eigenvalue weighted by atomic mass is 79.9. The standard InChI is InChI=1S/C25H25F4N3OS2.C18H17BrFN3OS2.C13H23BO2/c1-13(2)34-23-21(16-8-10-18(11-9-16)25(27,28)29)30-24(35-23)32-22(15(4)33)20(14(3)31-32)17-6-5-7-19(26)12-17;1-9(2)25-17-16(19)21-18(26-17)23-15(11(4)24)14(10(3)22-23)12-6-5-7-13(20)8-12;1-10-6-8-11(9-7-10)14-15-12(2,3)13(4,5)16-14/h5-8,12-13,18H,9-11H2,1-4H3;5-9H,1-4H3;8,10H,6-7,9H2,1-5H3. The molecule has 2 aliphatic carbocycles. The number of carbonyl (C=O) groups excluding carboxylic acids is 2. The molecule has 2 unspecified atom stereocenters. The second-order valence-corrected chi connectivity index (χ2v) is 27.5. The monoisotopic (exact) mass is 1200 g/mol. The molecule has 2 atom stereocenters. The SMILES string of the molecule is CC(=O)c1c(-c2cccc(F)c2)c(C)nn1-c1nc(Br)c(SC(C)C)s1.CC(=O)c1c(-c2cccc(F)c2)c(C)nn1-c1nc(C2=CCC(C(F)(F)F)CC2)c(SC(C)C)s1.CC1CC=C(B2OC(C)(C)C(C)(C)O2)CC1. The van der Waals surface area contributed by atoms with E-state index in [0.717, 1.165) is 30.9 Å². The summed E-state index contributed by atoms with van der Waals surface area (Å²) >= 11 is 9.59. The molecule has 10 nitrogen and oxygen atoms in total. The van der Waals surface area contributed by atoms with Gasteiger partial charge in [0.25, 0.3) is 0 Å². The van der Waals surface area contributed by atoms with Crippen molar-refractivity contribution in [3.05, 3.63) is 111 Å². The number of thioether (sulfide) groups is 2. The van der Waals surface area contributed by atoms with Crippen LogP contribution in [0.4, 0.5) is 22.0 Å². The summed E-state index contributed by atoms with van der Waals surface area (Å²) in [4.78, 5) is 34.4. The maximum Gasteiger partial charge on any atom is 0.490 e. The summed E-state index contributed by atoms with van der Waals surface area (Å²) in [6.07, 6.45) is 3.54. The van der Waals surface area contributed by atoms with E-state index in [-0.39, 0.29) is 60.2 Å². The number of thiazole rings is 2. The Kier molecular flexibility index (Phi) is 19.3. The second kappa shape index (κ2) is 24.6. The van der Waals surface area contributed by atoms with Crippen molar-refractivity contribution < 1.29 is 40.8 Å². The van der Waals surface area contributed by atoms with Crippen molar-refractivity contribution in [3.63, 3.8) is 0 Å². The number of rotatable bonds is 12. The smallest absolute Gasteiger partial charge is 0.400 e. The minimum absolute atomic E-state index is 0.0251. The fourth-order valence-electron chi connectivity index (χ4n) is 9.04. The summed E-state index contributed by atoms with van der Waals surface area (Å²) in [5, 5.41) is 10.8. The first kappa shape index (κ1) is 60.4. The Morgan fingerprint density at radius 1 is 0.753 bits per heavy atom. The number of ketones is 2. The van der Waals surface area contributed by atoms with Crippen LogP contribution in [0.2, 0.25) is 0 Å². The fourth-order valence-corrected chi connectivity index (χ4v) is 14.6. The molecule has 0 spiro atoms. The van der Waals surface area contributed by atoms with Crippen LogP contribution in [-0.2, 0) is 9.31 Å². The molecule has 1 fully saturated rings. The molecule has 0 radical (unpaired) electrons. The van der Waals surface area contributed by atoms with Gasteiger partial charge >= 0.3 is 13.3 Å². The molecule has 77 heavy (non-hydrogen) atoms. The molecule has 412 valence electrons. The van der Waals surface area contributed by atoms with Gasteiger partial charge in [-0.2, -0.15) is 23.4 Å². The highest BCUT2D eigenvalue weighted by Gasteiger charge is 2.52. The van der Waals surface area contributed by atoms with Crippen molar-refractivity contribution in [3.8, 4) is 32.5 Å². The van der Waals surface area contributed by atoms with Crippen LogP contribution in [-0.4, -0.2) is 76.1 Å². The van der Waals surface area contributed by atoms with Gasteiger partial charge in [-0.15, -0.1) is 23.5 Å². The molecule has 2 aromatic carbocycles. The van der Waals surface area contributed by atoms with E-state index in [9.17, 15) is 31.5 Å². The molecular weight excluding hydrogens is 1130 g/mol. The van der Waals surface area contributed by atoms with Crippen molar-refractivity contribution in [2.24, 2.45) is 11.8 Å². The number of halogens is 6. The molecule has 0 amide bonds. The first-order chi connectivity index (χ1) is 36.0. The minimum atomic E-state index is -4.21. The molecule has 9 rings (SSSR count). The number of nitrogens with zero attached hydrogens (tertiary/aromatic N) is 6. The molecular formula is C56H65BBrF5N6O4S4. The van der Waals surface area contributed by atoms with Gasteiger partial charge in [-0.3, -0.25) is 9.59 Å². The van der Waals surface area contributed by atoms with Crippen LogP contribution in [0.5, 0.6) is 0 Å². The first-order valence-corrected chi connectivity index (χ1v) is 29.8. The van der Waals surface area contributed by atoms with E-state index in [1.165, 1.54) is 83.8 Å². The molecule has 0 N–H and O–H groups in total. The Balaban J connectivity index is 0.000000180. The van der Waals surface area contributed by atoms with Gasteiger partial charge in [0.15, 0.2) is 11.6 Å². The maximum absolute atomic E-state index is 13.9. The van der Waals surface area contributed by atoms with Gasteiger partial charge in [0.1, 0.15) is 27.6 Å². The molecule has 1 saturated heterocycles. The summed E-state index contributed by atoms with van der Waals surface area (Å²) in [5.74, 6) is -1.68. The third-order valence-corrected chi connectivity index (χ3v) is 19.2. The van der Waals surface area contributed by atoms with Gasteiger partial charge in [0, 0.05) is 35.5 Å². The molecule has 5 heterocycles. The Morgan fingerprint density at radius 2 is 1.25 bits per heavy atom. The maximum atomic E-state index is 13.9. The molecule has 1 aliphatic heterocycles. The molecule has 0 bridgehead atoms. The van der Waals surface area contributed by atoms with E-state index in [1.54, 1.807) is 65.5 Å². The average molecular weight is 1200 g/mol. The van der Waals surface area contributed by atoms with Crippen molar-refractivity contribution in [2.75, 3.05) is 0 Å². The normalized spacial score (nSPS) is 18.2. The summed E-state index contributed by atoms with van der Waals surface area (Å²) in [6.45, 7) is 25.5. The number of carbonyl (C=O) groups is 2. The van der Waals surface area contributed by atoms with E-state index in [1.807, 2.05) is 20.8 Å². The molecule has 3 aliphatic rings. The van der Waals surface area contributed by atoms with E-state index in [0.29, 0.717) is 66.2 Å². The highest BCUT2D eigenvalue weighted by Crippen LogP contribution is 2.46. The molecule has 21 heteroatoms. The number of hydrogen-bond donors (Lipinski definition) is 0. The molecule has 6 aromatic rings. The summed E-state index contributed by atoms with van der Waals surface area (Å²) in [6, 6.07) is 12.2. The van der Waals surface area contributed by atoms with Crippen molar-refractivity contribution in [1.82, 2.24) is 29.5 Å². The lowest BCUT2D eigenvalue weighted by molar-refractivity contribution is -0.175. The quantitative estimate of drug-likeness (QED) is 0.0508. The zero-order valence-electron chi connectivity index (χ0n) is 45.6. The van der Waals surface area contributed by atoms with Crippen LogP contribution in [0.1, 0.15) is 153 Å². The van der Waals surface area contributed by atoms with Gasteiger partial charge in [0.2, 0.25) is 10.3 Å². The molecule has 4 aromatic heterocycles. The van der Waals surface area contributed by atoms with Crippen molar-refractivity contribution in [1.29, 1.82) is 0 Å². The lowest BCUT2D eigenvalue weighted by Crippen LogP contribution is -2.41. The lowest BCUT2D eigenvalue weighted by atomic mass is 9.71. The van der Waals surface area contributed by atoms with E-state index < -0.39 is 17.9 Å².